The highest BCUT2D eigenvalue weighted by atomic mass is 32.2. The van der Waals surface area contributed by atoms with Crippen LogP contribution in [0.3, 0.4) is 0 Å². The van der Waals surface area contributed by atoms with Crippen molar-refractivity contribution in [2.24, 2.45) is 0 Å². The van der Waals surface area contributed by atoms with Gasteiger partial charge in [-0.1, -0.05) is 20.8 Å². The predicted octanol–water partition coefficient (Wildman–Crippen LogP) is 2.30. The van der Waals surface area contributed by atoms with Crippen LogP contribution in [0.15, 0.2) is 5.38 Å². The lowest BCUT2D eigenvalue weighted by Gasteiger charge is -2.14. The molecule has 6 heteroatoms. The van der Waals surface area contributed by atoms with Crippen molar-refractivity contribution in [2.75, 3.05) is 12.0 Å². The van der Waals surface area contributed by atoms with Crippen LogP contribution in [-0.4, -0.2) is 30.5 Å². The van der Waals surface area contributed by atoms with Gasteiger partial charge in [0.15, 0.2) is 0 Å². The van der Waals surface area contributed by atoms with E-state index in [1.165, 1.54) is 17.6 Å². The SMILES string of the molecule is CC(C)(C)c1nc(C(O)CCCS(C)(=O)=O)cs1. The minimum atomic E-state index is -2.95. The van der Waals surface area contributed by atoms with Gasteiger partial charge in [0.25, 0.3) is 0 Å². The molecule has 18 heavy (non-hydrogen) atoms. The lowest BCUT2D eigenvalue weighted by molar-refractivity contribution is 0.162. The Balaban J connectivity index is 2.57. The minimum absolute atomic E-state index is 0.0185. The van der Waals surface area contributed by atoms with Crippen LogP contribution in [0.4, 0.5) is 0 Å². The Kier molecular flexibility index (Phi) is 4.91. The molecule has 1 heterocycles. The molecule has 0 bridgehead atoms. The van der Waals surface area contributed by atoms with E-state index in [-0.39, 0.29) is 11.2 Å². The van der Waals surface area contributed by atoms with E-state index in [1.807, 2.05) is 5.38 Å². The van der Waals surface area contributed by atoms with Gasteiger partial charge in [0.2, 0.25) is 0 Å². The predicted molar refractivity (Wildman–Crippen MR) is 74.7 cm³/mol. The van der Waals surface area contributed by atoms with E-state index in [2.05, 4.69) is 25.8 Å². The lowest BCUT2D eigenvalue weighted by atomic mass is 9.98. The number of aliphatic hydroxyl groups excluding tert-OH is 1. The molecule has 1 aromatic heterocycles. The molecule has 0 saturated heterocycles. The minimum Gasteiger partial charge on any atom is -0.387 e. The fraction of sp³-hybridized carbons (Fsp3) is 0.750. The first-order valence-corrected chi connectivity index (χ1v) is 8.85. The summed E-state index contributed by atoms with van der Waals surface area (Å²) in [4.78, 5) is 4.42. The van der Waals surface area contributed by atoms with Gasteiger partial charge in [0.05, 0.1) is 16.8 Å². The molecule has 0 aromatic carbocycles. The molecule has 1 rings (SSSR count). The van der Waals surface area contributed by atoms with Crippen LogP contribution < -0.4 is 0 Å². The van der Waals surface area contributed by atoms with Gasteiger partial charge < -0.3 is 5.11 Å². The maximum absolute atomic E-state index is 11.0. The van der Waals surface area contributed by atoms with E-state index < -0.39 is 15.9 Å². The molecule has 4 nitrogen and oxygen atoms in total. The van der Waals surface area contributed by atoms with Crippen molar-refractivity contribution in [3.63, 3.8) is 0 Å². The zero-order chi connectivity index (χ0) is 14.0. The zero-order valence-corrected chi connectivity index (χ0v) is 12.9. The Bertz CT molecular complexity index is 486. The van der Waals surface area contributed by atoms with Crippen molar-refractivity contribution >= 4 is 21.2 Å². The van der Waals surface area contributed by atoms with Crippen molar-refractivity contribution in [1.82, 2.24) is 4.98 Å². The molecule has 0 aliphatic heterocycles. The Hall–Kier alpha value is -0.460. The molecule has 0 radical (unpaired) electrons. The Labute approximate surface area is 113 Å². The molecule has 0 fully saturated rings. The van der Waals surface area contributed by atoms with E-state index in [4.69, 9.17) is 0 Å². The lowest BCUT2D eigenvalue weighted by Crippen LogP contribution is -2.11. The normalized spacial score (nSPS) is 14.7. The Morgan fingerprint density at radius 3 is 2.50 bits per heavy atom. The smallest absolute Gasteiger partial charge is 0.147 e. The first-order valence-electron chi connectivity index (χ1n) is 5.91. The van der Waals surface area contributed by atoms with Crippen LogP contribution in [0.25, 0.3) is 0 Å². The number of hydrogen-bond acceptors (Lipinski definition) is 5. The third kappa shape index (κ3) is 5.04. The highest BCUT2D eigenvalue weighted by Crippen LogP contribution is 2.28. The Morgan fingerprint density at radius 1 is 1.44 bits per heavy atom. The van der Waals surface area contributed by atoms with Gasteiger partial charge in [-0.05, 0) is 12.8 Å². The maximum atomic E-state index is 11.0. The molecule has 1 atom stereocenters. The molecule has 0 spiro atoms. The number of nitrogens with zero attached hydrogens (tertiary/aromatic N) is 1. The van der Waals surface area contributed by atoms with E-state index in [9.17, 15) is 13.5 Å². The van der Waals surface area contributed by atoms with Crippen molar-refractivity contribution in [1.29, 1.82) is 0 Å². The summed E-state index contributed by atoms with van der Waals surface area (Å²) in [6.07, 6.45) is 1.43. The molecule has 0 aliphatic rings. The first kappa shape index (κ1) is 15.6. The topological polar surface area (TPSA) is 67.3 Å². The van der Waals surface area contributed by atoms with Crippen LogP contribution in [0.5, 0.6) is 0 Å². The molecule has 1 unspecified atom stereocenters. The molecular weight excluding hydrogens is 270 g/mol. The summed E-state index contributed by atoms with van der Waals surface area (Å²) in [6, 6.07) is 0. The summed E-state index contributed by atoms with van der Waals surface area (Å²) in [7, 11) is -2.95. The van der Waals surface area contributed by atoms with Crippen molar-refractivity contribution in [3.05, 3.63) is 16.1 Å². The van der Waals surface area contributed by atoms with Crippen molar-refractivity contribution < 1.29 is 13.5 Å². The first-order chi connectivity index (χ1) is 8.09. The van der Waals surface area contributed by atoms with Gasteiger partial charge in [0.1, 0.15) is 9.84 Å². The average Bonchev–Trinajstić information content (AvgIpc) is 2.62. The third-order valence-corrected chi connectivity index (χ3v) is 4.81. The van der Waals surface area contributed by atoms with Crippen molar-refractivity contribution in [3.8, 4) is 0 Å². The summed E-state index contributed by atoms with van der Waals surface area (Å²) in [5.41, 5.74) is 0.633. The van der Waals surface area contributed by atoms with Gasteiger partial charge in [-0.15, -0.1) is 11.3 Å². The summed E-state index contributed by atoms with van der Waals surface area (Å²) in [5, 5.41) is 12.8. The van der Waals surface area contributed by atoms with Crippen LogP contribution >= 0.6 is 11.3 Å². The summed E-state index contributed by atoms with van der Waals surface area (Å²) < 4.78 is 22.0. The summed E-state index contributed by atoms with van der Waals surface area (Å²) in [6.45, 7) is 6.23. The monoisotopic (exact) mass is 291 g/mol. The number of thiazole rings is 1. The molecule has 1 aromatic rings. The highest BCUT2D eigenvalue weighted by Gasteiger charge is 2.20. The molecule has 1 N–H and O–H groups in total. The van der Waals surface area contributed by atoms with Crippen LogP contribution in [0, 0.1) is 0 Å². The fourth-order valence-electron chi connectivity index (χ4n) is 1.47. The maximum Gasteiger partial charge on any atom is 0.147 e. The van der Waals surface area contributed by atoms with Gasteiger partial charge in [0, 0.05) is 22.8 Å². The van der Waals surface area contributed by atoms with Gasteiger partial charge in [-0.3, -0.25) is 0 Å². The number of aliphatic hydroxyl groups is 1. The average molecular weight is 291 g/mol. The van der Waals surface area contributed by atoms with Crippen LogP contribution in [0.2, 0.25) is 0 Å². The fourth-order valence-corrected chi connectivity index (χ4v) is 3.12. The number of aromatic nitrogens is 1. The third-order valence-electron chi connectivity index (χ3n) is 2.50. The van der Waals surface area contributed by atoms with E-state index in [0.29, 0.717) is 18.5 Å². The molecule has 104 valence electrons. The number of rotatable bonds is 5. The molecular formula is C12H21NO3S2. The van der Waals surface area contributed by atoms with Crippen LogP contribution in [0.1, 0.15) is 50.4 Å². The van der Waals surface area contributed by atoms with Crippen LogP contribution in [-0.2, 0) is 15.3 Å². The summed E-state index contributed by atoms with van der Waals surface area (Å²) >= 11 is 1.53. The number of hydrogen-bond donors (Lipinski definition) is 1. The standard InChI is InChI=1S/C12H21NO3S2/c1-12(2,3)11-13-9(8-17-11)10(14)6-5-7-18(4,15)16/h8,10,14H,5-7H2,1-4H3. The zero-order valence-electron chi connectivity index (χ0n) is 11.3. The van der Waals surface area contributed by atoms with E-state index in [1.54, 1.807) is 0 Å². The number of sulfone groups is 1. The molecule has 0 saturated carbocycles. The second-order valence-electron chi connectivity index (χ2n) is 5.62. The van der Waals surface area contributed by atoms with E-state index >= 15 is 0 Å². The highest BCUT2D eigenvalue weighted by molar-refractivity contribution is 7.90. The van der Waals surface area contributed by atoms with Gasteiger partial charge in [-0.25, -0.2) is 13.4 Å². The second kappa shape index (κ2) is 5.67. The quantitative estimate of drug-likeness (QED) is 0.904. The molecule has 0 aliphatic carbocycles. The Morgan fingerprint density at radius 2 is 2.06 bits per heavy atom. The van der Waals surface area contributed by atoms with Gasteiger partial charge in [-0.2, -0.15) is 0 Å². The second-order valence-corrected chi connectivity index (χ2v) is 8.73. The van der Waals surface area contributed by atoms with Crippen molar-refractivity contribution in [2.45, 2.75) is 45.1 Å². The summed E-state index contributed by atoms with van der Waals surface area (Å²) in [5.74, 6) is 0.111. The largest absolute Gasteiger partial charge is 0.387 e. The van der Waals surface area contributed by atoms with E-state index in [0.717, 1.165) is 5.01 Å². The molecule has 0 amide bonds. The van der Waals surface area contributed by atoms with Gasteiger partial charge >= 0.3 is 0 Å².